The highest BCUT2D eigenvalue weighted by Crippen LogP contribution is 2.30. The molecule has 0 aliphatic heterocycles. The molecule has 7 nitrogen and oxygen atoms in total. The monoisotopic (exact) mass is 383 g/mol. The summed E-state index contributed by atoms with van der Waals surface area (Å²) in [5.74, 6) is 0.0494. The van der Waals surface area contributed by atoms with Gasteiger partial charge < -0.3 is 20.7 Å². The van der Waals surface area contributed by atoms with Gasteiger partial charge in [0.05, 0.1) is 24.2 Å². The maximum atomic E-state index is 13.8. The van der Waals surface area contributed by atoms with Crippen molar-refractivity contribution in [3.63, 3.8) is 0 Å². The van der Waals surface area contributed by atoms with Gasteiger partial charge in [0, 0.05) is 11.9 Å². The van der Waals surface area contributed by atoms with Gasteiger partial charge in [0.2, 0.25) is 0 Å². The van der Waals surface area contributed by atoms with Crippen LogP contribution in [0.3, 0.4) is 0 Å². The number of ether oxygens (including phenoxy) is 1. The normalized spacial score (nSPS) is 12.2. The van der Waals surface area contributed by atoms with Gasteiger partial charge >= 0.3 is 0 Å². The van der Waals surface area contributed by atoms with Crippen molar-refractivity contribution in [2.75, 3.05) is 33.1 Å². The zero-order chi connectivity index (χ0) is 20.3. The molecular weight excluding hydrogens is 361 g/mol. The molecule has 0 aliphatic rings. The number of hydrogen-bond donors (Lipinski definition) is 2. The van der Waals surface area contributed by atoms with Crippen molar-refractivity contribution >= 4 is 22.6 Å². The van der Waals surface area contributed by atoms with Crippen LogP contribution in [0.2, 0.25) is 0 Å². The molecule has 1 aromatic heterocycles. The summed E-state index contributed by atoms with van der Waals surface area (Å²) in [6.45, 7) is 0.599. The number of halogens is 1. The molecule has 0 aliphatic carbocycles. The number of carbonyl (C=O) groups excluding carboxylic acids is 1. The number of methoxy groups -OCH3 is 1. The Morgan fingerprint density at radius 3 is 2.71 bits per heavy atom. The van der Waals surface area contributed by atoms with Crippen LogP contribution in [-0.4, -0.2) is 48.5 Å². The van der Waals surface area contributed by atoms with Crippen LogP contribution in [0.5, 0.6) is 5.75 Å². The summed E-state index contributed by atoms with van der Waals surface area (Å²) < 4.78 is 19.1. The van der Waals surface area contributed by atoms with Gasteiger partial charge in [-0.05, 0) is 43.9 Å². The lowest BCUT2D eigenvalue weighted by atomic mass is 10.0. The smallest absolute Gasteiger partial charge is 0.251 e. The van der Waals surface area contributed by atoms with E-state index in [0.29, 0.717) is 29.0 Å². The molecule has 1 amide bonds. The molecule has 3 N–H and O–H groups in total. The first kappa shape index (κ1) is 19.5. The predicted molar refractivity (Wildman–Crippen MR) is 106 cm³/mol. The molecule has 28 heavy (non-hydrogen) atoms. The number of hydrogen-bond acceptors (Lipinski definition) is 6. The number of nitrogens with one attached hydrogen (secondary N) is 1. The summed E-state index contributed by atoms with van der Waals surface area (Å²) in [4.78, 5) is 22.4. The lowest BCUT2D eigenvalue weighted by molar-refractivity contribution is 0.100. The number of benzene rings is 2. The third kappa shape index (κ3) is 4.17. The van der Waals surface area contributed by atoms with Gasteiger partial charge in [-0.25, -0.2) is 14.4 Å². The Hall–Kier alpha value is -3.26. The number of nitrogens with zero attached hydrogens (tertiary/aromatic N) is 3. The number of aromatic nitrogens is 2. The summed E-state index contributed by atoms with van der Waals surface area (Å²) in [7, 11) is 5.37. The van der Waals surface area contributed by atoms with Crippen molar-refractivity contribution in [1.82, 2.24) is 14.9 Å². The zero-order valence-corrected chi connectivity index (χ0v) is 15.9. The maximum absolute atomic E-state index is 13.8. The van der Waals surface area contributed by atoms with Crippen LogP contribution < -0.4 is 15.8 Å². The van der Waals surface area contributed by atoms with Crippen LogP contribution in [0.1, 0.15) is 22.0 Å². The van der Waals surface area contributed by atoms with Gasteiger partial charge in [-0.1, -0.05) is 12.1 Å². The minimum Gasteiger partial charge on any atom is -0.497 e. The maximum Gasteiger partial charge on any atom is 0.251 e. The van der Waals surface area contributed by atoms with Gasteiger partial charge in [-0.3, -0.25) is 4.79 Å². The molecule has 3 rings (SSSR count). The molecule has 0 fully saturated rings. The topological polar surface area (TPSA) is 93.4 Å². The number of likely N-dealkylation sites (N-methyl/N-ethyl adjacent to an activating group) is 1. The molecule has 3 aromatic rings. The van der Waals surface area contributed by atoms with Crippen molar-refractivity contribution < 1.29 is 13.9 Å². The SMILES string of the molecule is COc1cc(C(N)=O)c2ncnc(N[C@H](CN(C)C)c3cccc(F)c3)c2c1. The van der Waals surface area contributed by atoms with Crippen molar-refractivity contribution in [2.24, 2.45) is 5.73 Å². The number of rotatable bonds is 7. The molecular formula is C20H22FN5O2. The van der Waals surface area contributed by atoms with Crippen LogP contribution in [0, 0.1) is 5.82 Å². The summed E-state index contributed by atoms with van der Waals surface area (Å²) in [5.41, 5.74) is 6.95. The van der Waals surface area contributed by atoms with E-state index in [9.17, 15) is 9.18 Å². The molecule has 0 spiro atoms. The van der Waals surface area contributed by atoms with E-state index in [1.807, 2.05) is 25.1 Å². The number of anilines is 1. The first-order valence-corrected chi connectivity index (χ1v) is 8.68. The second kappa shape index (κ2) is 8.18. The second-order valence-electron chi connectivity index (χ2n) is 6.67. The zero-order valence-electron chi connectivity index (χ0n) is 15.9. The molecule has 0 bridgehead atoms. The lowest BCUT2D eigenvalue weighted by Gasteiger charge is -2.24. The molecule has 0 saturated carbocycles. The number of primary amides is 1. The van der Waals surface area contributed by atoms with Gasteiger partial charge in [0.1, 0.15) is 23.7 Å². The lowest BCUT2D eigenvalue weighted by Crippen LogP contribution is -2.26. The fourth-order valence-electron chi connectivity index (χ4n) is 3.05. The predicted octanol–water partition coefficient (Wildman–Crippen LogP) is 2.59. The van der Waals surface area contributed by atoms with Crippen LogP contribution in [0.25, 0.3) is 10.9 Å². The van der Waals surface area contributed by atoms with E-state index < -0.39 is 5.91 Å². The van der Waals surface area contributed by atoms with Crippen molar-refractivity contribution in [3.8, 4) is 5.75 Å². The van der Waals surface area contributed by atoms with Gasteiger partial charge in [0.25, 0.3) is 5.91 Å². The average molecular weight is 383 g/mol. The van der Waals surface area contributed by atoms with Crippen molar-refractivity contribution in [2.45, 2.75) is 6.04 Å². The summed E-state index contributed by atoms with van der Waals surface area (Å²) in [6, 6.07) is 9.45. The average Bonchev–Trinajstić information content (AvgIpc) is 2.66. The highest BCUT2D eigenvalue weighted by Gasteiger charge is 2.18. The Labute approximate surface area is 162 Å². The molecule has 2 aromatic carbocycles. The molecule has 0 radical (unpaired) electrons. The Morgan fingerprint density at radius 1 is 1.29 bits per heavy atom. The van der Waals surface area contributed by atoms with E-state index in [-0.39, 0.29) is 17.4 Å². The van der Waals surface area contributed by atoms with E-state index in [2.05, 4.69) is 15.3 Å². The van der Waals surface area contributed by atoms with Crippen LogP contribution in [-0.2, 0) is 0 Å². The highest BCUT2D eigenvalue weighted by molar-refractivity contribution is 6.07. The molecule has 1 atom stereocenters. The Morgan fingerprint density at radius 2 is 2.07 bits per heavy atom. The second-order valence-corrected chi connectivity index (χ2v) is 6.67. The number of carbonyl (C=O) groups is 1. The highest BCUT2D eigenvalue weighted by atomic mass is 19.1. The van der Waals surface area contributed by atoms with E-state index in [1.54, 1.807) is 18.2 Å². The van der Waals surface area contributed by atoms with E-state index in [4.69, 9.17) is 10.5 Å². The third-order valence-corrected chi connectivity index (χ3v) is 4.32. The van der Waals surface area contributed by atoms with Crippen LogP contribution in [0.4, 0.5) is 10.2 Å². The Balaban J connectivity index is 2.10. The van der Waals surface area contributed by atoms with Gasteiger partial charge in [0.15, 0.2) is 0 Å². The van der Waals surface area contributed by atoms with Crippen LogP contribution in [0.15, 0.2) is 42.7 Å². The van der Waals surface area contributed by atoms with Crippen molar-refractivity contribution in [1.29, 1.82) is 0 Å². The summed E-state index contributed by atoms with van der Waals surface area (Å²) >= 11 is 0. The fourth-order valence-corrected chi connectivity index (χ4v) is 3.05. The van der Waals surface area contributed by atoms with Gasteiger partial charge in [-0.2, -0.15) is 0 Å². The minimum absolute atomic E-state index is 0.243. The summed E-state index contributed by atoms with van der Waals surface area (Å²) in [5, 5.41) is 3.94. The minimum atomic E-state index is -0.608. The first-order chi connectivity index (χ1) is 13.4. The molecule has 8 heteroatoms. The fraction of sp³-hybridized carbons (Fsp3) is 0.250. The largest absolute Gasteiger partial charge is 0.497 e. The third-order valence-electron chi connectivity index (χ3n) is 4.32. The summed E-state index contributed by atoms with van der Waals surface area (Å²) in [6.07, 6.45) is 1.36. The number of fused-ring (bicyclic) bond motifs is 1. The number of amides is 1. The van der Waals surface area contributed by atoms with Crippen LogP contribution >= 0.6 is 0 Å². The van der Waals surface area contributed by atoms with Crippen molar-refractivity contribution in [3.05, 3.63) is 59.7 Å². The molecule has 1 heterocycles. The van der Waals surface area contributed by atoms with E-state index >= 15 is 0 Å². The molecule has 0 saturated heterocycles. The van der Waals surface area contributed by atoms with Gasteiger partial charge in [-0.15, -0.1) is 0 Å². The quantitative estimate of drug-likeness (QED) is 0.651. The Kier molecular flexibility index (Phi) is 5.70. The number of nitrogens with two attached hydrogens (primary N) is 1. The molecule has 146 valence electrons. The Bertz CT molecular complexity index is 1010. The molecule has 0 unspecified atom stereocenters. The first-order valence-electron chi connectivity index (χ1n) is 8.68. The van der Waals surface area contributed by atoms with E-state index in [0.717, 1.165) is 5.56 Å². The van der Waals surface area contributed by atoms with E-state index in [1.165, 1.54) is 25.6 Å². The standard InChI is InChI=1S/C20H22FN5O2/c1-26(2)10-17(12-5-4-6-13(21)7-12)25-20-16-9-14(28-3)8-15(19(22)27)18(16)23-11-24-20/h4-9,11,17H,10H2,1-3H3,(H2,22,27)(H,23,24,25)/t17-/m1/s1.